The summed E-state index contributed by atoms with van der Waals surface area (Å²) in [4.78, 5) is 0. The van der Waals surface area contributed by atoms with E-state index >= 15 is 0 Å². The Balaban J connectivity index is 2.12. The topological polar surface area (TPSA) is 0 Å². The van der Waals surface area contributed by atoms with Crippen LogP contribution in [0.3, 0.4) is 0 Å². The maximum Gasteiger partial charge on any atom is -0.0388 e. The highest BCUT2D eigenvalue weighted by Crippen LogP contribution is 2.33. The zero-order chi connectivity index (χ0) is 8.10. The molecule has 0 nitrogen and oxygen atoms in total. The van der Waals surface area contributed by atoms with Crippen LogP contribution in [-0.4, -0.2) is 0 Å². The first-order valence-corrected chi connectivity index (χ1v) is 5.34. The van der Waals surface area contributed by atoms with Crippen molar-refractivity contribution in [3.05, 3.63) is 0 Å². The van der Waals surface area contributed by atoms with Crippen molar-refractivity contribution in [3.63, 3.8) is 0 Å². The van der Waals surface area contributed by atoms with E-state index < -0.39 is 0 Å². The highest BCUT2D eigenvalue weighted by atomic mass is 14.3. The minimum Gasteiger partial charge on any atom is -0.0654 e. The quantitative estimate of drug-likeness (QED) is 0.574. The third-order valence-electron chi connectivity index (χ3n) is 3.22. The number of unbranched alkanes of at least 4 members (excludes halogenated alkanes) is 1. The molecule has 0 saturated heterocycles. The lowest BCUT2D eigenvalue weighted by Gasteiger charge is -2.17. The van der Waals surface area contributed by atoms with Crippen molar-refractivity contribution in [2.24, 2.45) is 11.8 Å². The Morgan fingerprint density at radius 2 is 1.91 bits per heavy atom. The van der Waals surface area contributed by atoms with Crippen molar-refractivity contribution in [1.82, 2.24) is 0 Å². The van der Waals surface area contributed by atoms with Gasteiger partial charge in [0.2, 0.25) is 0 Å². The molecule has 0 unspecified atom stereocenters. The van der Waals surface area contributed by atoms with Gasteiger partial charge in [-0.05, 0) is 11.8 Å². The molecule has 1 aliphatic rings. The molecule has 0 spiro atoms. The molecule has 1 atom stereocenters. The second-order valence-corrected chi connectivity index (χ2v) is 4.16. The predicted molar refractivity (Wildman–Crippen MR) is 50.6 cm³/mol. The van der Waals surface area contributed by atoms with Gasteiger partial charge >= 0.3 is 0 Å². The molecule has 0 aromatic rings. The lowest BCUT2D eigenvalue weighted by molar-refractivity contribution is 0.337. The van der Waals surface area contributed by atoms with Crippen LogP contribution in [0.5, 0.6) is 0 Å². The normalized spacial score (nSPS) is 22.4. The summed E-state index contributed by atoms with van der Waals surface area (Å²) in [6.45, 7) is 4.74. The highest BCUT2D eigenvalue weighted by molar-refractivity contribution is 4.72. The lowest BCUT2D eigenvalue weighted by atomic mass is 9.88. The molecule has 0 heterocycles. The molecule has 0 amide bonds. The molecule has 0 heteroatoms. The molecule has 1 fully saturated rings. The molecule has 0 aliphatic heterocycles. The van der Waals surface area contributed by atoms with E-state index in [4.69, 9.17) is 0 Å². The molecule has 1 rings (SSSR count). The average Bonchev–Trinajstić information content (AvgIpc) is 2.52. The lowest BCUT2D eigenvalue weighted by Crippen LogP contribution is -2.06. The molecule has 11 heavy (non-hydrogen) atoms. The first kappa shape index (κ1) is 9.09. The zero-order valence-electron chi connectivity index (χ0n) is 8.10. The van der Waals surface area contributed by atoms with E-state index in [2.05, 4.69) is 13.8 Å². The van der Waals surface area contributed by atoms with Gasteiger partial charge in [0.15, 0.2) is 0 Å². The van der Waals surface area contributed by atoms with Crippen LogP contribution in [-0.2, 0) is 0 Å². The van der Waals surface area contributed by atoms with Crippen LogP contribution in [0.2, 0.25) is 0 Å². The fraction of sp³-hybridized carbons (Fsp3) is 1.00. The van der Waals surface area contributed by atoms with Crippen molar-refractivity contribution in [2.45, 2.75) is 58.8 Å². The number of hydrogen-bond acceptors (Lipinski definition) is 0. The van der Waals surface area contributed by atoms with Gasteiger partial charge in [-0.15, -0.1) is 0 Å². The summed E-state index contributed by atoms with van der Waals surface area (Å²) in [7, 11) is 0. The summed E-state index contributed by atoms with van der Waals surface area (Å²) >= 11 is 0. The molecular weight excluding hydrogens is 132 g/mol. The fourth-order valence-electron chi connectivity index (χ4n) is 2.29. The Morgan fingerprint density at radius 1 is 1.27 bits per heavy atom. The van der Waals surface area contributed by atoms with E-state index in [1.54, 1.807) is 0 Å². The Labute approximate surface area is 71.4 Å². The average molecular weight is 154 g/mol. The molecule has 66 valence electrons. The Bertz CT molecular complexity index is 90.2. The van der Waals surface area contributed by atoms with Gasteiger partial charge in [0.05, 0.1) is 0 Å². The van der Waals surface area contributed by atoms with E-state index in [1.807, 2.05) is 0 Å². The minimum atomic E-state index is 1.01. The molecule has 0 aromatic heterocycles. The number of rotatable bonds is 4. The predicted octanol–water partition coefficient (Wildman–Crippen LogP) is 4.00. The van der Waals surface area contributed by atoms with Gasteiger partial charge in [0, 0.05) is 0 Å². The summed E-state index contributed by atoms with van der Waals surface area (Å²) in [6.07, 6.45) is 10.3. The first-order chi connectivity index (χ1) is 5.34. The standard InChI is InChI=1S/C11H22/c1-3-4-7-10(2)11-8-5-6-9-11/h10-11H,3-9H2,1-2H3/t10-/m0/s1. The second-order valence-electron chi connectivity index (χ2n) is 4.16. The van der Waals surface area contributed by atoms with Crippen molar-refractivity contribution in [3.8, 4) is 0 Å². The molecule has 0 radical (unpaired) electrons. The van der Waals surface area contributed by atoms with Gasteiger partial charge in [-0.2, -0.15) is 0 Å². The molecule has 0 aromatic carbocycles. The molecule has 1 aliphatic carbocycles. The van der Waals surface area contributed by atoms with E-state index in [1.165, 1.54) is 44.9 Å². The van der Waals surface area contributed by atoms with Gasteiger partial charge < -0.3 is 0 Å². The van der Waals surface area contributed by atoms with Crippen LogP contribution in [0.1, 0.15) is 58.8 Å². The Hall–Kier alpha value is 0. The SMILES string of the molecule is CCCC[C@H](C)C1CCCC1. The first-order valence-electron chi connectivity index (χ1n) is 5.34. The third kappa shape index (κ3) is 2.84. The van der Waals surface area contributed by atoms with Crippen LogP contribution in [0.25, 0.3) is 0 Å². The number of hydrogen-bond donors (Lipinski definition) is 0. The van der Waals surface area contributed by atoms with Gasteiger partial charge in [-0.3, -0.25) is 0 Å². The minimum absolute atomic E-state index is 1.01. The molecule has 1 saturated carbocycles. The summed E-state index contributed by atoms with van der Waals surface area (Å²) < 4.78 is 0. The van der Waals surface area contributed by atoms with Crippen LogP contribution >= 0.6 is 0 Å². The van der Waals surface area contributed by atoms with Gasteiger partial charge in [0.25, 0.3) is 0 Å². The Kier molecular flexibility index (Phi) is 3.96. The van der Waals surface area contributed by atoms with E-state index in [0.29, 0.717) is 0 Å². The van der Waals surface area contributed by atoms with Crippen LogP contribution in [0, 0.1) is 11.8 Å². The largest absolute Gasteiger partial charge is 0.0654 e. The van der Waals surface area contributed by atoms with Crippen molar-refractivity contribution < 1.29 is 0 Å². The van der Waals surface area contributed by atoms with Crippen molar-refractivity contribution in [1.29, 1.82) is 0 Å². The summed E-state index contributed by atoms with van der Waals surface area (Å²) in [5.74, 6) is 2.10. The summed E-state index contributed by atoms with van der Waals surface area (Å²) in [6, 6.07) is 0. The molecular formula is C11H22. The van der Waals surface area contributed by atoms with Crippen LogP contribution in [0.4, 0.5) is 0 Å². The van der Waals surface area contributed by atoms with E-state index in [0.717, 1.165) is 11.8 Å². The smallest absolute Gasteiger partial charge is 0.0388 e. The second kappa shape index (κ2) is 4.79. The van der Waals surface area contributed by atoms with Gasteiger partial charge in [0.1, 0.15) is 0 Å². The maximum absolute atomic E-state index is 2.45. The fourth-order valence-corrected chi connectivity index (χ4v) is 2.29. The summed E-state index contributed by atoms with van der Waals surface area (Å²) in [5, 5.41) is 0. The van der Waals surface area contributed by atoms with Gasteiger partial charge in [-0.1, -0.05) is 58.8 Å². The third-order valence-corrected chi connectivity index (χ3v) is 3.22. The maximum atomic E-state index is 2.45. The highest BCUT2D eigenvalue weighted by Gasteiger charge is 2.20. The van der Waals surface area contributed by atoms with E-state index in [9.17, 15) is 0 Å². The van der Waals surface area contributed by atoms with Gasteiger partial charge in [-0.25, -0.2) is 0 Å². The van der Waals surface area contributed by atoms with Crippen molar-refractivity contribution >= 4 is 0 Å². The zero-order valence-corrected chi connectivity index (χ0v) is 8.10. The summed E-state index contributed by atoms with van der Waals surface area (Å²) in [5.41, 5.74) is 0. The molecule has 0 bridgehead atoms. The molecule has 0 N–H and O–H groups in total. The monoisotopic (exact) mass is 154 g/mol. The van der Waals surface area contributed by atoms with E-state index in [-0.39, 0.29) is 0 Å². The van der Waals surface area contributed by atoms with Crippen molar-refractivity contribution in [2.75, 3.05) is 0 Å². The Morgan fingerprint density at radius 3 is 2.45 bits per heavy atom. The van der Waals surface area contributed by atoms with Crippen LogP contribution in [0.15, 0.2) is 0 Å². The van der Waals surface area contributed by atoms with Crippen LogP contribution < -0.4 is 0 Å².